The van der Waals surface area contributed by atoms with Crippen LogP contribution in [0.4, 0.5) is 22.0 Å². The van der Waals surface area contributed by atoms with Crippen molar-refractivity contribution in [2.24, 2.45) is 0 Å². The van der Waals surface area contributed by atoms with Crippen LogP contribution in [0, 0.1) is 0 Å². The van der Waals surface area contributed by atoms with E-state index in [1.165, 1.54) is 0 Å². The van der Waals surface area contributed by atoms with Crippen LogP contribution in [0.2, 0.25) is 0 Å². The van der Waals surface area contributed by atoms with Crippen LogP contribution in [0.3, 0.4) is 0 Å². The van der Waals surface area contributed by atoms with E-state index in [1.807, 2.05) is 19.1 Å². The average Bonchev–Trinajstić information content (AvgIpc) is 2.93. The molecule has 0 unspecified atom stereocenters. The Labute approximate surface area is 130 Å². The van der Waals surface area contributed by atoms with Crippen LogP contribution in [0.25, 0.3) is 0 Å². The lowest BCUT2D eigenvalue weighted by atomic mass is 10.0. The van der Waals surface area contributed by atoms with Gasteiger partial charge in [-0.1, -0.05) is 31.2 Å². The summed E-state index contributed by atoms with van der Waals surface area (Å²) >= 11 is 0. The van der Waals surface area contributed by atoms with E-state index in [4.69, 9.17) is 0 Å². The highest BCUT2D eigenvalue weighted by Crippen LogP contribution is 2.34. The number of hydrogen-bond acceptors (Lipinski definition) is 1. The summed E-state index contributed by atoms with van der Waals surface area (Å²) in [7, 11) is 0. The van der Waals surface area contributed by atoms with Gasteiger partial charge in [0.2, 0.25) is 0 Å². The summed E-state index contributed by atoms with van der Waals surface area (Å²) in [6.07, 6.45) is -2.85. The summed E-state index contributed by atoms with van der Waals surface area (Å²) < 4.78 is 65.8. The van der Waals surface area contributed by atoms with Gasteiger partial charge in [0.05, 0.1) is 6.20 Å². The predicted octanol–water partition coefficient (Wildman–Crippen LogP) is 4.54. The Balaban J connectivity index is 2.37. The number of alkyl halides is 5. The van der Waals surface area contributed by atoms with Gasteiger partial charge in [-0.05, 0) is 17.5 Å². The molecule has 0 spiro atoms. The van der Waals surface area contributed by atoms with Crippen molar-refractivity contribution in [3.8, 4) is 0 Å². The van der Waals surface area contributed by atoms with Crippen LogP contribution in [-0.2, 0) is 19.0 Å². The zero-order valence-corrected chi connectivity index (χ0v) is 12.6. The van der Waals surface area contributed by atoms with Crippen molar-refractivity contribution in [1.82, 2.24) is 9.78 Å². The molecule has 0 bridgehead atoms. The van der Waals surface area contributed by atoms with Gasteiger partial charge in [-0.3, -0.25) is 4.68 Å². The highest BCUT2D eigenvalue weighted by molar-refractivity contribution is 5.31. The Morgan fingerprint density at radius 3 is 2.09 bits per heavy atom. The largest absolute Gasteiger partial charge is 0.433 e. The van der Waals surface area contributed by atoms with E-state index in [2.05, 4.69) is 5.10 Å². The fourth-order valence-corrected chi connectivity index (χ4v) is 2.40. The van der Waals surface area contributed by atoms with E-state index in [-0.39, 0.29) is 12.0 Å². The quantitative estimate of drug-likeness (QED) is 0.711. The fourth-order valence-electron chi connectivity index (χ4n) is 2.40. The molecule has 0 fully saturated rings. The van der Waals surface area contributed by atoms with Crippen molar-refractivity contribution < 1.29 is 22.0 Å². The van der Waals surface area contributed by atoms with Gasteiger partial charge in [0.25, 0.3) is 0 Å². The van der Waals surface area contributed by atoms with Gasteiger partial charge in [-0.25, -0.2) is 8.78 Å². The lowest BCUT2D eigenvalue weighted by Gasteiger charge is -2.17. The molecule has 0 amide bonds. The Morgan fingerprint density at radius 1 is 1.04 bits per heavy atom. The van der Waals surface area contributed by atoms with Crippen molar-refractivity contribution in [3.63, 3.8) is 0 Å². The lowest BCUT2D eigenvalue weighted by Crippen LogP contribution is -2.23. The summed E-state index contributed by atoms with van der Waals surface area (Å²) in [5.41, 5.74) is 0.589. The maximum absolute atomic E-state index is 13.3. The molecule has 0 aliphatic rings. The number of aryl methyl sites for hydroxylation is 1. The minimum atomic E-state index is -4.72. The van der Waals surface area contributed by atoms with E-state index in [1.54, 1.807) is 12.1 Å². The molecule has 1 aromatic carbocycles. The lowest BCUT2D eigenvalue weighted by molar-refractivity contribution is -0.145. The molecule has 2 nitrogen and oxygen atoms in total. The summed E-state index contributed by atoms with van der Waals surface area (Å²) in [4.78, 5) is 0. The molecule has 0 radical (unpaired) electrons. The SMILES string of the molecule is CCc1ccc(Cc2cnn(C(CF)CF)c2C(F)(F)F)cc1. The van der Waals surface area contributed by atoms with Gasteiger partial charge >= 0.3 is 6.18 Å². The molecule has 0 atom stereocenters. The number of hydrogen-bond donors (Lipinski definition) is 0. The predicted molar refractivity (Wildman–Crippen MR) is 76.8 cm³/mol. The van der Waals surface area contributed by atoms with E-state index in [9.17, 15) is 22.0 Å². The number of halogens is 5. The second kappa shape index (κ2) is 7.10. The number of rotatable bonds is 6. The molecular formula is C16H17F5N2. The first-order chi connectivity index (χ1) is 10.9. The van der Waals surface area contributed by atoms with Gasteiger partial charge in [0.15, 0.2) is 0 Å². The number of aromatic nitrogens is 2. The molecule has 1 aromatic heterocycles. The zero-order valence-electron chi connectivity index (χ0n) is 12.6. The molecule has 1 heterocycles. The maximum Gasteiger partial charge on any atom is 0.433 e. The monoisotopic (exact) mass is 332 g/mol. The average molecular weight is 332 g/mol. The van der Waals surface area contributed by atoms with Gasteiger partial charge in [-0.15, -0.1) is 0 Å². The highest BCUT2D eigenvalue weighted by atomic mass is 19.4. The molecule has 0 saturated carbocycles. The van der Waals surface area contributed by atoms with E-state index >= 15 is 0 Å². The van der Waals surface area contributed by atoms with E-state index in [0.717, 1.165) is 18.2 Å². The van der Waals surface area contributed by atoms with Crippen LogP contribution >= 0.6 is 0 Å². The zero-order chi connectivity index (χ0) is 17.0. The Kier molecular flexibility index (Phi) is 5.38. The molecule has 0 saturated heterocycles. The Bertz CT molecular complexity index is 627. The maximum atomic E-state index is 13.3. The van der Waals surface area contributed by atoms with Crippen molar-refractivity contribution in [2.75, 3.05) is 13.3 Å². The molecule has 0 aliphatic carbocycles. The smallest absolute Gasteiger partial charge is 0.252 e. The first-order valence-corrected chi connectivity index (χ1v) is 7.24. The summed E-state index contributed by atoms with van der Waals surface area (Å²) in [6, 6.07) is 5.64. The summed E-state index contributed by atoms with van der Waals surface area (Å²) in [5, 5.41) is 3.57. The normalized spacial score (nSPS) is 12.1. The van der Waals surface area contributed by atoms with Crippen LogP contribution in [0.1, 0.15) is 35.3 Å². The van der Waals surface area contributed by atoms with E-state index in [0.29, 0.717) is 10.2 Å². The summed E-state index contributed by atoms with van der Waals surface area (Å²) in [6.45, 7) is -0.507. The second-order valence-corrected chi connectivity index (χ2v) is 5.27. The number of benzene rings is 1. The summed E-state index contributed by atoms with van der Waals surface area (Å²) in [5.74, 6) is 0. The third kappa shape index (κ3) is 3.89. The van der Waals surface area contributed by atoms with Crippen molar-refractivity contribution in [3.05, 3.63) is 52.8 Å². The Hall–Kier alpha value is -1.92. The van der Waals surface area contributed by atoms with Gasteiger partial charge in [0.1, 0.15) is 25.1 Å². The molecular weight excluding hydrogens is 315 g/mol. The van der Waals surface area contributed by atoms with Crippen molar-refractivity contribution in [1.29, 1.82) is 0 Å². The van der Waals surface area contributed by atoms with Crippen LogP contribution in [0.5, 0.6) is 0 Å². The number of nitrogens with zero attached hydrogens (tertiary/aromatic N) is 2. The Morgan fingerprint density at radius 2 is 1.61 bits per heavy atom. The molecule has 0 aliphatic heterocycles. The third-order valence-electron chi connectivity index (χ3n) is 3.67. The first kappa shape index (κ1) is 17.4. The standard InChI is InChI=1S/C16H17F5N2/c1-2-11-3-5-12(6-4-11)7-13-10-22-23(14(8-17)9-18)15(13)16(19,20)21/h3-6,10,14H,2,7-9H2,1H3. The van der Waals surface area contributed by atoms with Gasteiger partial charge in [-0.2, -0.15) is 18.3 Å². The van der Waals surface area contributed by atoms with Crippen LogP contribution in [0.15, 0.2) is 30.5 Å². The van der Waals surface area contributed by atoms with Gasteiger partial charge in [0, 0.05) is 12.0 Å². The third-order valence-corrected chi connectivity index (χ3v) is 3.67. The van der Waals surface area contributed by atoms with E-state index < -0.39 is 31.3 Å². The highest BCUT2D eigenvalue weighted by Gasteiger charge is 2.39. The molecule has 2 rings (SSSR count). The minimum absolute atomic E-state index is 0.00410. The van der Waals surface area contributed by atoms with Crippen LogP contribution in [-0.4, -0.2) is 23.1 Å². The molecule has 126 valence electrons. The van der Waals surface area contributed by atoms with Crippen molar-refractivity contribution in [2.45, 2.75) is 32.0 Å². The van der Waals surface area contributed by atoms with Crippen LogP contribution < -0.4 is 0 Å². The van der Waals surface area contributed by atoms with Gasteiger partial charge < -0.3 is 0 Å². The molecule has 7 heteroatoms. The second-order valence-electron chi connectivity index (χ2n) is 5.27. The molecule has 2 aromatic rings. The fraction of sp³-hybridized carbons (Fsp3) is 0.438. The topological polar surface area (TPSA) is 17.8 Å². The minimum Gasteiger partial charge on any atom is -0.252 e. The molecule has 0 N–H and O–H groups in total. The van der Waals surface area contributed by atoms with Crippen molar-refractivity contribution >= 4 is 0 Å². The molecule has 23 heavy (non-hydrogen) atoms. The first-order valence-electron chi connectivity index (χ1n) is 7.24.